The average Bonchev–Trinajstić information content (AvgIpc) is 2.80. The van der Waals surface area contributed by atoms with Gasteiger partial charge in [0.15, 0.2) is 0 Å². The lowest BCUT2D eigenvalue weighted by Crippen LogP contribution is -2.38. The van der Waals surface area contributed by atoms with Gasteiger partial charge in [-0.05, 0) is 54.5 Å². The van der Waals surface area contributed by atoms with Crippen molar-refractivity contribution in [3.63, 3.8) is 0 Å². The molecule has 3 nitrogen and oxygen atoms in total. The van der Waals surface area contributed by atoms with Crippen LogP contribution in [0.4, 0.5) is 5.69 Å². The molecule has 1 heterocycles. The number of nitrogens with one attached hydrogen (secondary N) is 1. The molecule has 0 radical (unpaired) electrons. The second-order valence-corrected chi connectivity index (χ2v) is 6.47. The van der Waals surface area contributed by atoms with Crippen LogP contribution in [0.25, 0.3) is 0 Å². The highest BCUT2D eigenvalue weighted by atomic mass is 16.3. The van der Waals surface area contributed by atoms with E-state index in [1.807, 2.05) is 30.3 Å². The summed E-state index contributed by atoms with van der Waals surface area (Å²) in [6, 6.07) is 15.5. The first-order valence-electron chi connectivity index (χ1n) is 7.89. The van der Waals surface area contributed by atoms with E-state index in [2.05, 4.69) is 17.4 Å². The average molecular weight is 293 g/mol. The minimum atomic E-state index is -0.398. The fraction of sp³-hybridized carbons (Fsp3) is 0.316. The molecule has 2 unspecified atom stereocenters. The molecule has 2 aromatic carbocycles. The summed E-state index contributed by atoms with van der Waals surface area (Å²) in [4.78, 5) is 12.7. The Balaban J connectivity index is 1.73. The molecule has 1 aliphatic heterocycles. The molecule has 0 saturated heterocycles. The largest absolute Gasteiger partial charge is 0.508 e. The van der Waals surface area contributed by atoms with E-state index in [-0.39, 0.29) is 5.91 Å². The normalized spacial score (nSPS) is 26.7. The summed E-state index contributed by atoms with van der Waals surface area (Å²) in [5.74, 6) is 0.754. The summed E-state index contributed by atoms with van der Waals surface area (Å²) < 4.78 is 0. The Morgan fingerprint density at radius 2 is 2.00 bits per heavy atom. The van der Waals surface area contributed by atoms with E-state index in [0.29, 0.717) is 11.7 Å². The molecule has 3 heteroatoms. The lowest BCUT2D eigenvalue weighted by Gasteiger charge is -2.36. The third kappa shape index (κ3) is 1.92. The first-order chi connectivity index (χ1) is 10.7. The van der Waals surface area contributed by atoms with Gasteiger partial charge in [0, 0.05) is 5.69 Å². The number of aromatic hydroxyl groups is 1. The maximum absolute atomic E-state index is 12.7. The number of anilines is 1. The smallest absolute Gasteiger partial charge is 0.235 e. The van der Waals surface area contributed by atoms with Gasteiger partial charge in [0.2, 0.25) is 5.91 Å². The minimum Gasteiger partial charge on any atom is -0.508 e. The molecule has 0 aromatic heterocycles. The van der Waals surface area contributed by atoms with E-state index in [4.69, 9.17) is 0 Å². The van der Waals surface area contributed by atoms with Crippen molar-refractivity contribution >= 4 is 11.6 Å². The number of carbonyl (C=O) groups excluding carboxylic acids is 1. The number of phenolic OH excluding ortho intramolecular Hbond substituents is 1. The molecule has 0 bridgehead atoms. The van der Waals surface area contributed by atoms with E-state index in [1.165, 1.54) is 0 Å². The van der Waals surface area contributed by atoms with E-state index in [1.54, 1.807) is 6.07 Å². The van der Waals surface area contributed by atoms with Crippen LogP contribution in [0.5, 0.6) is 5.75 Å². The Bertz CT molecular complexity index is 740. The molecule has 1 fully saturated rings. The van der Waals surface area contributed by atoms with E-state index in [0.717, 1.165) is 42.5 Å². The minimum absolute atomic E-state index is 0.138. The van der Waals surface area contributed by atoms with Crippen molar-refractivity contribution in [3.05, 3.63) is 59.7 Å². The Morgan fingerprint density at radius 1 is 1.14 bits per heavy atom. The summed E-state index contributed by atoms with van der Waals surface area (Å²) in [5.41, 5.74) is 2.84. The highest BCUT2D eigenvalue weighted by molar-refractivity contribution is 6.06. The van der Waals surface area contributed by atoms with Crippen LogP contribution >= 0.6 is 0 Å². The van der Waals surface area contributed by atoms with Gasteiger partial charge >= 0.3 is 0 Å². The highest BCUT2D eigenvalue weighted by Crippen LogP contribution is 2.51. The Hall–Kier alpha value is -2.29. The van der Waals surface area contributed by atoms with Crippen molar-refractivity contribution in [1.82, 2.24) is 0 Å². The summed E-state index contributed by atoms with van der Waals surface area (Å²) in [6.45, 7) is 0. The van der Waals surface area contributed by atoms with Crippen LogP contribution in [0.1, 0.15) is 42.7 Å². The van der Waals surface area contributed by atoms with Gasteiger partial charge in [-0.1, -0.05) is 36.8 Å². The number of amides is 1. The Morgan fingerprint density at radius 3 is 2.86 bits per heavy atom. The molecular weight excluding hydrogens is 274 g/mol. The van der Waals surface area contributed by atoms with E-state index >= 15 is 0 Å². The summed E-state index contributed by atoms with van der Waals surface area (Å²) in [5, 5.41) is 12.8. The molecule has 2 aliphatic rings. The third-order valence-electron chi connectivity index (χ3n) is 5.22. The Labute approximate surface area is 130 Å². The number of hydrogen-bond donors (Lipinski definition) is 2. The molecule has 1 aliphatic carbocycles. The van der Waals surface area contributed by atoms with Crippen molar-refractivity contribution in [1.29, 1.82) is 0 Å². The fourth-order valence-electron chi connectivity index (χ4n) is 4.16. The predicted molar refractivity (Wildman–Crippen MR) is 86.1 cm³/mol. The predicted octanol–water partition coefficient (Wildman–Crippen LogP) is 3.94. The lowest BCUT2D eigenvalue weighted by atomic mass is 9.65. The van der Waals surface area contributed by atoms with Gasteiger partial charge in [-0.2, -0.15) is 0 Å². The van der Waals surface area contributed by atoms with Gasteiger partial charge in [-0.15, -0.1) is 0 Å². The summed E-state index contributed by atoms with van der Waals surface area (Å²) in [6.07, 6.45) is 3.83. The van der Waals surface area contributed by atoms with Crippen LogP contribution in [-0.4, -0.2) is 11.0 Å². The van der Waals surface area contributed by atoms with Crippen LogP contribution in [0.3, 0.4) is 0 Å². The number of fused-ring (bicyclic) bond motifs is 2. The van der Waals surface area contributed by atoms with Gasteiger partial charge in [0.25, 0.3) is 0 Å². The molecule has 1 saturated carbocycles. The molecule has 1 amide bonds. The number of carbonyl (C=O) groups is 1. The summed E-state index contributed by atoms with van der Waals surface area (Å²) in [7, 11) is 0. The Kier molecular flexibility index (Phi) is 2.96. The standard InChI is InChI=1S/C19H19NO2/c21-15-7-3-5-13(11-15)14-6-4-10-19(12-14)16-8-1-2-9-17(16)20-18(19)22/h1-3,5,7-9,11,14,21H,4,6,10,12H2,(H,20,22). The fourth-order valence-corrected chi connectivity index (χ4v) is 4.16. The lowest BCUT2D eigenvalue weighted by molar-refractivity contribution is -0.122. The first-order valence-corrected chi connectivity index (χ1v) is 7.89. The van der Waals surface area contributed by atoms with Gasteiger partial charge < -0.3 is 10.4 Å². The van der Waals surface area contributed by atoms with Crippen LogP contribution in [0.2, 0.25) is 0 Å². The van der Waals surface area contributed by atoms with Crippen LogP contribution < -0.4 is 5.32 Å². The van der Waals surface area contributed by atoms with Crippen LogP contribution in [-0.2, 0) is 10.2 Å². The van der Waals surface area contributed by atoms with Crippen molar-refractivity contribution in [2.45, 2.75) is 37.0 Å². The number of phenols is 1. The maximum Gasteiger partial charge on any atom is 0.235 e. The molecule has 2 atom stereocenters. The number of benzene rings is 2. The molecule has 1 spiro atoms. The second-order valence-electron chi connectivity index (χ2n) is 6.47. The van der Waals surface area contributed by atoms with Crippen molar-refractivity contribution < 1.29 is 9.90 Å². The molecule has 2 N–H and O–H groups in total. The SMILES string of the molecule is O=C1Nc2ccccc2C12CCCC(c1cccc(O)c1)C2. The van der Waals surface area contributed by atoms with Gasteiger partial charge in [0.1, 0.15) is 5.75 Å². The van der Waals surface area contributed by atoms with Crippen LogP contribution in [0.15, 0.2) is 48.5 Å². The molecule has 4 rings (SSSR count). The number of hydrogen-bond acceptors (Lipinski definition) is 2. The van der Waals surface area contributed by atoms with Crippen molar-refractivity contribution in [2.75, 3.05) is 5.32 Å². The number of rotatable bonds is 1. The zero-order chi connectivity index (χ0) is 15.2. The molecule has 112 valence electrons. The van der Waals surface area contributed by atoms with Gasteiger partial charge in [-0.3, -0.25) is 4.79 Å². The second kappa shape index (κ2) is 4.87. The highest BCUT2D eigenvalue weighted by Gasteiger charge is 2.49. The van der Waals surface area contributed by atoms with E-state index in [9.17, 15) is 9.90 Å². The first kappa shape index (κ1) is 13.4. The topological polar surface area (TPSA) is 49.3 Å². The number of para-hydroxylation sites is 1. The molecule has 22 heavy (non-hydrogen) atoms. The van der Waals surface area contributed by atoms with Gasteiger partial charge in [0.05, 0.1) is 5.41 Å². The zero-order valence-electron chi connectivity index (χ0n) is 12.4. The van der Waals surface area contributed by atoms with Crippen LogP contribution in [0, 0.1) is 0 Å². The molecular formula is C19H19NO2. The zero-order valence-corrected chi connectivity index (χ0v) is 12.4. The third-order valence-corrected chi connectivity index (χ3v) is 5.22. The monoisotopic (exact) mass is 293 g/mol. The summed E-state index contributed by atoms with van der Waals surface area (Å²) >= 11 is 0. The van der Waals surface area contributed by atoms with Crippen molar-refractivity contribution in [3.8, 4) is 5.75 Å². The quantitative estimate of drug-likeness (QED) is 0.836. The van der Waals surface area contributed by atoms with Crippen molar-refractivity contribution in [2.24, 2.45) is 0 Å². The maximum atomic E-state index is 12.7. The van der Waals surface area contributed by atoms with E-state index < -0.39 is 5.41 Å². The van der Waals surface area contributed by atoms with Gasteiger partial charge in [-0.25, -0.2) is 0 Å². The molecule has 2 aromatic rings.